The van der Waals surface area contributed by atoms with Crippen molar-refractivity contribution >= 4 is 27.6 Å². The van der Waals surface area contributed by atoms with Crippen LogP contribution < -0.4 is 14.8 Å². The molecule has 7 nitrogen and oxygen atoms in total. The summed E-state index contributed by atoms with van der Waals surface area (Å²) >= 11 is 3.51. The smallest absolute Gasteiger partial charge is 0.229 e. The molecular weight excluding hydrogens is 398 g/mol. The molecule has 0 aliphatic heterocycles. The molecule has 4 rings (SSSR count). The van der Waals surface area contributed by atoms with Crippen LogP contribution in [0.4, 0.5) is 11.6 Å². The van der Waals surface area contributed by atoms with Crippen LogP contribution in [0.15, 0.2) is 41.1 Å². The lowest BCUT2D eigenvalue weighted by atomic mass is 10.3. The number of ether oxygens (including phenoxy) is 2. The zero-order chi connectivity index (χ0) is 18.1. The third kappa shape index (κ3) is 3.50. The first kappa shape index (κ1) is 16.8. The van der Waals surface area contributed by atoms with Gasteiger partial charge in [0, 0.05) is 42.2 Å². The normalized spacial score (nSPS) is 13.5. The molecule has 1 saturated carbocycles. The highest BCUT2D eigenvalue weighted by molar-refractivity contribution is 9.10. The van der Waals surface area contributed by atoms with E-state index in [9.17, 15) is 0 Å². The fourth-order valence-electron chi connectivity index (χ4n) is 2.64. The molecule has 0 amide bonds. The van der Waals surface area contributed by atoms with Crippen molar-refractivity contribution < 1.29 is 9.47 Å². The minimum atomic E-state index is 0.460. The number of nitrogens with zero attached hydrogens (tertiary/aromatic N) is 4. The quantitative estimate of drug-likeness (QED) is 0.653. The number of benzene rings is 1. The SMILES string of the molecule is COc1cc(Nc2ncc(Br)c(-n3ccc(C4CC4)n3)n2)cc(OC)c1. The number of halogens is 1. The molecule has 0 atom stereocenters. The first-order valence-electron chi connectivity index (χ1n) is 8.25. The van der Waals surface area contributed by atoms with Crippen molar-refractivity contribution in [3.63, 3.8) is 0 Å². The average Bonchev–Trinajstić information content (AvgIpc) is 3.40. The third-order valence-electron chi connectivity index (χ3n) is 4.16. The Hall–Kier alpha value is -2.61. The van der Waals surface area contributed by atoms with Gasteiger partial charge in [0.25, 0.3) is 0 Å². The highest BCUT2D eigenvalue weighted by Crippen LogP contribution is 2.39. The van der Waals surface area contributed by atoms with Gasteiger partial charge < -0.3 is 14.8 Å². The Kier molecular flexibility index (Phi) is 4.50. The number of methoxy groups -OCH3 is 2. The second-order valence-corrected chi connectivity index (χ2v) is 6.91. The summed E-state index contributed by atoms with van der Waals surface area (Å²) in [5.74, 6) is 3.11. The van der Waals surface area contributed by atoms with Crippen LogP contribution in [0.25, 0.3) is 5.82 Å². The molecule has 1 N–H and O–H groups in total. The Bertz CT molecular complexity index is 917. The van der Waals surface area contributed by atoms with Crippen LogP contribution in [0.3, 0.4) is 0 Å². The molecule has 8 heteroatoms. The summed E-state index contributed by atoms with van der Waals surface area (Å²) in [6, 6.07) is 7.56. The Balaban J connectivity index is 1.63. The molecule has 134 valence electrons. The van der Waals surface area contributed by atoms with Gasteiger partial charge in [0.15, 0.2) is 5.82 Å². The van der Waals surface area contributed by atoms with Crippen molar-refractivity contribution in [1.29, 1.82) is 0 Å². The molecule has 2 aromatic heterocycles. The topological polar surface area (TPSA) is 74.1 Å². The van der Waals surface area contributed by atoms with Gasteiger partial charge in [-0.25, -0.2) is 9.67 Å². The zero-order valence-electron chi connectivity index (χ0n) is 14.4. The predicted molar refractivity (Wildman–Crippen MR) is 102 cm³/mol. The number of hydrogen-bond acceptors (Lipinski definition) is 6. The van der Waals surface area contributed by atoms with Crippen LogP contribution in [-0.2, 0) is 0 Å². The van der Waals surface area contributed by atoms with Crippen LogP contribution in [0.1, 0.15) is 24.5 Å². The van der Waals surface area contributed by atoms with E-state index in [-0.39, 0.29) is 0 Å². The first-order chi connectivity index (χ1) is 12.7. The molecule has 1 fully saturated rings. The second-order valence-electron chi connectivity index (χ2n) is 6.05. The third-order valence-corrected chi connectivity index (χ3v) is 4.71. The molecule has 0 radical (unpaired) electrons. The number of anilines is 2. The summed E-state index contributed by atoms with van der Waals surface area (Å²) in [5, 5.41) is 7.82. The monoisotopic (exact) mass is 415 g/mol. The summed E-state index contributed by atoms with van der Waals surface area (Å²) in [4.78, 5) is 8.92. The van der Waals surface area contributed by atoms with Crippen LogP contribution in [0.5, 0.6) is 11.5 Å². The molecule has 0 bridgehead atoms. The molecule has 3 aromatic rings. The van der Waals surface area contributed by atoms with E-state index in [1.54, 1.807) is 25.1 Å². The molecule has 1 aliphatic carbocycles. The van der Waals surface area contributed by atoms with Crippen molar-refractivity contribution in [2.45, 2.75) is 18.8 Å². The fourth-order valence-corrected chi connectivity index (χ4v) is 3.01. The predicted octanol–water partition coefficient (Wildman–Crippen LogP) is 4.06. The maximum atomic E-state index is 5.30. The van der Waals surface area contributed by atoms with Crippen molar-refractivity contribution in [3.05, 3.63) is 46.8 Å². The number of nitrogens with one attached hydrogen (secondary N) is 1. The highest BCUT2D eigenvalue weighted by atomic mass is 79.9. The summed E-state index contributed by atoms with van der Waals surface area (Å²) < 4.78 is 13.1. The van der Waals surface area contributed by atoms with Crippen molar-refractivity contribution in [2.24, 2.45) is 0 Å². The van der Waals surface area contributed by atoms with Gasteiger partial charge in [0.2, 0.25) is 5.95 Å². The van der Waals surface area contributed by atoms with Gasteiger partial charge in [-0.15, -0.1) is 0 Å². The zero-order valence-corrected chi connectivity index (χ0v) is 16.0. The Morgan fingerprint density at radius 1 is 1.15 bits per heavy atom. The summed E-state index contributed by atoms with van der Waals surface area (Å²) in [6.07, 6.45) is 6.07. The molecule has 1 aliphatic rings. The minimum Gasteiger partial charge on any atom is -0.497 e. The number of aromatic nitrogens is 4. The molecule has 26 heavy (non-hydrogen) atoms. The van der Waals surface area contributed by atoms with Crippen molar-refractivity contribution in [3.8, 4) is 17.3 Å². The fraction of sp³-hybridized carbons (Fsp3) is 0.278. The summed E-state index contributed by atoms with van der Waals surface area (Å²) in [6.45, 7) is 0. The van der Waals surface area contributed by atoms with Gasteiger partial charge in [0.05, 0.1) is 24.4 Å². The van der Waals surface area contributed by atoms with E-state index in [1.165, 1.54) is 12.8 Å². The van der Waals surface area contributed by atoms with E-state index in [0.717, 1.165) is 15.9 Å². The van der Waals surface area contributed by atoms with Gasteiger partial charge in [-0.05, 0) is 34.8 Å². The molecule has 1 aromatic carbocycles. The molecule has 0 unspecified atom stereocenters. The highest BCUT2D eigenvalue weighted by Gasteiger charge is 2.26. The standard InChI is InChI=1S/C18H18BrN5O2/c1-25-13-7-12(8-14(9-13)26-2)21-18-20-10-15(19)17(22-18)24-6-5-16(23-24)11-3-4-11/h5-11H,3-4H2,1-2H3,(H,20,21,22). The summed E-state index contributed by atoms with van der Waals surface area (Å²) in [5.41, 5.74) is 1.89. The lowest BCUT2D eigenvalue weighted by Gasteiger charge is -2.11. The van der Waals surface area contributed by atoms with Gasteiger partial charge in [-0.2, -0.15) is 10.1 Å². The summed E-state index contributed by atoms with van der Waals surface area (Å²) in [7, 11) is 3.23. The average molecular weight is 416 g/mol. The maximum absolute atomic E-state index is 5.30. The van der Waals surface area contributed by atoms with E-state index in [0.29, 0.717) is 29.2 Å². The largest absolute Gasteiger partial charge is 0.497 e. The number of hydrogen-bond donors (Lipinski definition) is 1. The van der Waals surface area contributed by atoms with Crippen LogP contribution in [-0.4, -0.2) is 34.0 Å². The van der Waals surface area contributed by atoms with E-state index in [2.05, 4.69) is 36.3 Å². The lowest BCUT2D eigenvalue weighted by molar-refractivity contribution is 0.395. The Morgan fingerprint density at radius 3 is 2.54 bits per heavy atom. The van der Waals surface area contributed by atoms with Gasteiger partial charge in [0.1, 0.15) is 11.5 Å². The molecule has 0 spiro atoms. The van der Waals surface area contributed by atoms with Gasteiger partial charge >= 0.3 is 0 Å². The number of rotatable bonds is 6. The van der Waals surface area contributed by atoms with E-state index < -0.39 is 0 Å². The minimum absolute atomic E-state index is 0.460. The van der Waals surface area contributed by atoms with Crippen molar-refractivity contribution in [1.82, 2.24) is 19.7 Å². The molecular formula is C18H18BrN5O2. The first-order valence-corrected chi connectivity index (χ1v) is 9.04. The molecule has 2 heterocycles. The Morgan fingerprint density at radius 2 is 1.88 bits per heavy atom. The maximum Gasteiger partial charge on any atom is 0.229 e. The van der Waals surface area contributed by atoms with Crippen LogP contribution >= 0.6 is 15.9 Å². The molecule has 0 saturated heterocycles. The second kappa shape index (κ2) is 6.95. The van der Waals surface area contributed by atoms with E-state index in [4.69, 9.17) is 9.47 Å². The lowest BCUT2D eigenvalue weighted by Crippen LogP contribution is -2.05. The van der Waals surface area contributed by atoms with Crippen LogP contribution in [0.2, 0.25) is 0 Å². The van der Waals surface area contributed by atoms with E-state index >= 15 is 0 Å². The van der Waals surface area contributed by atoms with Crippen molar-refractivity contribution in [2.75, 3.05) is 19.5 Å². The van der Waals surface area contributed by atoms with Gasteiger partial charge in [-0.1, -0.05) is 0 Å². The van der Waals surface area contributed by atoms with Gasteiger partial charge in [-0.3, -0.25) is 0 Å². The van der Waals surface area contributed by atoms with Crippen LogP contribution in [0, 0.1) is 0 Å². The van der Waals surface area contributed by atoms with E-state index in [1.807, 2.05) is 30.5 Å². The Labute approximate surface area is 159 Å².